The summed E-state index contributed by atoms with van der Waals surface area (Å²) in [5.41, 5.74) is -2.79. The molecule has 0 aromatic rings. The molecule has 54 heavy (non-hydrogen) atoms. The number of allylic oxidation sites excluding steroid dienone is 2. The van der Waals surface area contributed by atoms with Gasteiger partial charge in [-0.15, -0.1) is 0 Å². The number of carboxylic acids is 1. The summed E-state index contributed by atoms with van der Waals surface area (Å²) in [6.07, 6.45) is -5.53. The molecule has 6 aliphatic rings. The maximum atomic E-state index is 13.0. The Morgan fingerprint density at radius 2 is 1.57 bits per heavy atom. The first-order valence-corrected chi connectivity index (χ1v) is 20.1. The highest BCUT2D eigenvalue weighted by molar-refractivity contribution is 5.73. The number of fused-ring (bicyclic) bond motifs is 7. The van der Waals surface area contributed by atoms with Gasteiger partial charge in [0.15, 0.2) is 12.4 Å². The Kier molecular flexibility index (Phi) is 10.9. The minimum atomic E-state index is -1.84. The van der Waals surface area contributed by atoms with E-state index in [4.69, 9.17) is 14.2 Å². The van der Waals surface area contributed by atoms with Crippen molar-refractivity contribution in [1.82, 2.24) is 0 Å². The number of ether oxygens (including phenoxy) is 3. The fourth-order valence-electron chi connectivity index (χ4n) is 13.1. The second-order valence-corrected chi connectivity index (χ2v) is 19.7. The van der Waals surface area contributed by atoms with Gasteiger partial charge in [0, 0.05) is 10.8 Å². The molecule has 0 amide bonds. The normalized spacial score (nSPS) is 51.7. The number of aliphatic carboxylic acids is 1. The molecule has 0 aromatic carbocycles. The SMILES string of the molecule is CCC(C)C(=O)OC1C(O)C2(CO)C(O)CC3(C)C(=CCC4C5(C)CCC(OC6OC(C(=O)O)C(O)C(O)C6O)C(C)(CO)C5CCC43C)C2CC1(C)C. The summed E-state index contributed by atoms with van der Waals surface area (Å²) in [4.78, 5) is 24.8. The van der Waals surface area contributed by atoms with Crippen LogP contribution in [0.2, 0.25) is 0 Å². The highest BCUT2D eigenvalue weighted by Gasteiger charge is 2.73. The third kappa shape index (κ3) is 5.72. The molecule has 6 rings (SSSR count). The van der Waals surface area contributed by atoms with Gasteiger partial charge in [-0.05, 0) is 85.4 Å². The number of carbonyl (C=O) groups is 2. The summed E-state index contributed by atoms with van der Waals surface area (Å²) >= 11 is 0. The van der Waals surface area contributed by atoms with Crippen LogP contribution < -0.4 is 0 Å². The first-order chi connectivity index (χ1) is 25.0. The summed E-state index contributed by atoms with van der Waals surface area (Å²) < 4.78 is 17.8. The van der Waals surface area contributed by atoms with Crippen molar-refractivity contribution in [1.29, 1.82) is 0 Å². The number of hydrogen-bond acceptors (Lipinski definition) is 12. The van der Waals surface area contributed by atoms with Crippen LogP contribution in [0.4, 0.5) is 0 Å². The standard InChI is InChI=1S/C41H66O13/c1-9-20(2)34(51)54-32-31(48)41(19-43)22(16-36(32,3)4)21-10-11-24-37(5)14-13-26(52-35-29(47)27(45)28(46)30(53-35)33(49)50)38(6,18-42)23(37)12-15-39(24,7)40(21,8)17-25(41)44/h10,20,22-32,35,42-48H,9,11-19H2,1-8H3,(H,49,50). The molecule has 0 spiro atoms. The molecule has 18 unspecified atom stereocenters. The highest BCUT2D eigenvalue weighted by atomic mass is 16.7. The monoisotopic (exact) mass is 766 g/mol. The van der Waals surface area contributed by atoms with Gasteiger partial charge in [0.1, 0.15) is 30.5 Å². The average molecular weight is 767 g/mol. The number of carboxylic acid groups (broad SMARTS) is 1. The van der Waals surface area contributed by atoms with E-state index >= 15 is 0 Å². The fraction of sp³-hybridized carbons (Fsp3) is 0.902. The molecule has 0 aromatic heterocycles. The van der Waals surface area contributed by atoms with Crippen molar-refractivity contribution in [2.75, 3.05) is 13.2 Å². The first kappa shape index (κ1) is 41.9. The van der Waals surface area contributed by atoms with Crippen molar-refractivity contribution < 1.29 is 64.7 Å². The largest absolute Gasteiger partial charge is 0.479 e. The average Bonchev–Trinajstić information content (AvgIpc) is 3.10. The molecule has 0 bridgehead atoms. The molecule has 4 saturated carbocycles. The molecule has 13 nitrogen and oxygen atoms in total. The van der Waals surface area contributed by atoms with E-state index < -0.39 is 95.3 Å². The summed E-state index contributed by atoms with van der Waals surface area (Å²) in [5.74, 6) is -2.54. The predicted molar refractivity (Wildman–Crippen MR) is 194 cm³/mol. The van der Waals surface area contributed by atoms with E-state index in [-0.39, 0.29) is 41.1 Å². The predicted octanol–water partition coefficient (Wildman–Crippen LogP) is 2.54. The van der Waals surface area contributed by atoms with Gasteiger partial charge in [0.05, 0.1) is 36.8 Å². The number of hydrogen-bond donors (Lipinski definition) is 8. The van der Waals surface area contributed by atoms with Crippen molar-refractivity contribution in [2.24, 2.45) is 56.2 Å². The molecule has 1 saturated heterocycles. The van der Waals surface area contributed by atoms with Crippen LogP contribution in [0.15, 0.2) is 11.6 Å². The smallest absolute Gasteiger partial charge is 0.335 e. The number of rotatable bonds is 8. The number of carbonyl (C=O) groups excluding carboxylic acids is 1. The van der Waals surface area contributed by atoms with Crippen LogP contribution >= 0.6 is 0 Å². The molecule has 5 fully saturated rings. The Balaban J connectivity index is 1.32. The summed E-state index contributed by atoms with van der Waals surface area (Å²) in [6, 6.07) is 0. The van der Waals surface area contributed by atoms with E-state index in [0.29, 0.717) is 44.9 Å². The van der Waals surface area contributed by atoms with Gasteiger partial charge < -0.3 is 55.1 Å². The molecule has 18 atom stereocenters. The Morgan fingerprint density at radius 1 is 0.907 bits per heavy atom. The third-order valence-corrected chi connectivity index (χ3v) is 16.8. The Hall–Kier alpha value is -1.68. The van der Waals surface area contributed by atoms with Gasteiger partial charge in [0.25, 0.3) is 0 Å². The number of aliphatic hydroxyl groups is 7. The molecule has 1 aliphatic heterocycles. The zero-order valence-electron chi connectivity index (χ0n) is 33.3. The lowest BCUT2D eigenvalue weighted by atomic mass is 9.33. The van der Waals surface area contributed by atoms with Crippen molar-refractivity contribution in [2.45, 2.75) is 162 Å². The van der Waals surface area contributed by atoms with Crippen LogP contribution in [-0.4, -0.2) is 121 Å². The maximum absolute atomic E-state index is 13.0. The van der Waals surface area contributed by atoms with Crippen molar-refractivity contribution >= 4 is 11.9 Å². The van der Waals surface area contributed by atoms with Crippen LogP contribution in [0.3, 0.4) is 0 Å². The maximum Gasteiger partial charge on any atom is 0.335 e. The van der Waals surface area contributed by atoms with Gasteiger partial charge in [0.2, 0.25) is 0 Å². The molecule has 308 valence electrons. The lowest BCUT2D eigenvalue weighted by Crippen LogP contribution is -2.72. The Bertz CT molecular complexity index is 1480. The summed E-state index contributed by atoms with van der Waals surface area (Å²) in [6.45, 7) is 15.8. The van der Waals surface area contributed by atoms with E-state index in [2.05, 4.69) is 26.8 Å². The van der Waals surface area contributed by atoms with Crippen LogP contribution in [0.25, 0.3) is 0 Å². The van der Waals surface area contributed by atoms with Crippen LogP contribution in [-0.2, 0) is 23.8 Å². The molecule has 0 radical (unpaired) electrons. The van der Waals surface area contributed by atoms with Crippen molar-refractivity contribution in [3.8, 4) is 0 Å². The van der Waals surface area contributed by atoms with Gasteiger partial charge in [-0.2, -0.15) is 0 Å². The van der Waals surface area contributed by atoms with Gasteiger partial charge in [-0.3, -0.25) is 4.79 Å². The minimum absolute atomic E-state index is 0.0571. The summed E-state index contributed by atoms with van der Waals surface area (Å²) in [7, 11) is 0. The number of aliphatic hydroxyl groups excluding tert-OH is 7. The third-order valence-electron chi connectivity index (χ3n) is 16.8. The van der Waals surface area contributed by atoms with Crippen LogP contribution in [0, 0.1) is 56.2 Å². The van der Waals surface area contributed by atoms with Crippen LogP contribution in [0.1, 0.15) is 107 Å². The zero-order valence-corrected chi connectivity index (χ0v) is 33.3. The van der Waals surface area contributed by atoms with E-state index in [1.807, 2.05) is 27.7 Å². The Morgan fingerprint density at radius 3 is 2.17 bits per heavy atom. The second-order valence-electron chi connectivity index (χ2n) is 19.7. The molecule has 8 N–H and O–H groups in total. The first-order valence-electron chi connectivity index (χ1n) is 20.1. The van der Waals surface area contributed by atoms with Crippen LogP contribution in [0.5, 0.6) is 0 Å². The lowest BCUT2D eigenvalue weighted by molar-refractivity contribution is -0.328. The van der Waals surface area contributed by atoms with Crippen molar-refractivity contribution in [3.63, 3.8) is 0 Å². The highest BCUT2D eigenvalue weighted by Crippen LogP contribution is 2.76. The second kappa shape index (κ2) is 14.0. The molecule has 5 aliphatic carbocycles. The fourth-order valence-corrected chi connectivity index (χ4v) is 13.1. The van der Waals surface area contributed by atoms with Crippen molar-refractivity contribution in [3.05, 3.63) is 11.6 Å². The lowest BCUT2D eigenvalue weighted by Gasteiger charge is -2.72. The zero-order chi connectivity index (χ0) is 40.1. The molecular weight excluding hydrogens is 700 g/mol. The van der Waals surface area contributed by atoms with E-state index in [0.717, 1.165) is 12.0 Å². The van der Waals surface area contributed by atoms with Gasteiger partial charge in [-0.25, -0.2) is 4.79 Å². The Labute approximate surface area is 319 Å². The minimum Gasteiger partial charge on any atom is -0.479 e. The van der Waals surface area contributed by atoms with E-state index in [1.54, 1.807) is 6.92 Å². The summed E-state index contributed by atoms with van der Waals surface area (Å²) in [5, 5.41) is 87.8. The van der Waals surface area contributed by atoms with E-state index in [1.165, 1.54) is 0 Å². The van der Waals surface area contributed by atoms with E-state index in [9.17, 15) is 50.4 Å². The number of esters is 1. The molecular formula is C41H66O13. The molecule has 13 heteroatoms. The van der Waals surface area contributed by atoms with Gasteiger partial charge in [-0.1, -0.05) is 67.0 Å². The quantitative estimate of drug-likeness (QED) is 0.101. The van der Waals surface area contributed by atoms with Gasteiger partial charge >= 0.3 is 11.9 Å². The topological polar surface area (TPSA) is 224 Å². The molecule has 1 heterocycles.